The van der Waals surface area contributed by atoms with Gasteiger partial charge >= 0.3 is 0 Å². The van der Waals surface area contributed by atoms with Crippen LogP contribution in [0.2, 0.25) is 0 Å². The molecule has 0 aliphatic rings. The fourth-order valence-electron chi connectivity index (χ4n) is 1.83. The summed E-state index contributed by atoms with van der Waals surface area (Å²) < 4.78 is 0. The molecule has 0 fully saturated rings. The first-order valence-corrected chi connectivity index (χ1v) is 5.76. The Morgan fingerprint density at radius 2 is 2.06 bits per heavy atom. The molecule has 2 aromatic rings. The molecule has 2 rings (SSSR count). The van der Waals surface area contributed by atoms with Crippen molar-refractivity contribution in [2.24, 2.45) is 0 Å². The molecule has 0 aliphatic carbocycles. The third kappa shape index (κ3) is 2.64. The highest BCUT2D eigenvalue weighted by Crippen LogP contribution is 2.19. The average molecular weight is 238 g/mol. The molecule has 0 aliphatic heterocycles. The molecule has 0 bridgehead atoms. The Morgan fingerprint density at radius 1 is 1.28 bits per heavy atom. The van der Waals surface area contributed by atoms with Crippen molar-refractivity contribution >= 4 is 5.95 Å². The van der Waals surface area contributed by atoms with Crippen molar-refractivity contribution in [2.75, 3.05) is 5.32 Å². The number of hydrogen-bond donors (Lipinski definition) is 1. The van der Waals surface area contributed by atoms with Gasteiger partial charge in [-0.05, 0) is 31.0 Å². The summed E-state index contributed by atoms with van der Waals surface area (Å²) in [5.41, 5.74) is 2.78. The third-order valence-corrected chi connectivity index (χ3v) is 2.77. The van der Waals surface area contributed by atoms with E-state index in [-0.39, 0.29) is 6.04 Å². The highest BCUT2D eigenvalue weighted by Gasteiger charge is 2.09. The summed E-state index contributed by atoms with van der Waals surface area (Å²) in [4.78, 5) is 8.21. The molecule has 1 atom stereocenters. The number of anilines is 1. The van der Waals surface area contributed by atoms with Crippen molar-refractivity contribution in [3.05, 3.63) is 53.3 Å². The molecule has 90 valence electrons. The summed E-state index contributed by atoms with van der Waals surface area (Å²) in [7, 11) is 0. The van der Waals surface area contributed by atoms with E-state index in [4.69, 9.17) is 5.26 Å². The van der Waals surface area contributed by atoms with Crippen LogP contribution in [-0.4, -0.2) is 9.97 Å². The molecule has 18 heavy (non-hydrogen) atoms. The standard InChI is InChI=1S/C14H14N4/c1-10-5-3-4-6-13(10)11(2)17-14-16-8-7-12(9-15)18-14/h3-8,11H,1-2H3,(H,16,17,18). The molecule has 0 spiro atoms. The number of nitrogens with zero attached hydrogens (tertiary/aromatic N) is 3. The fourth-order valence-corrected chi connectivity index (χ4v) is 1.83. The molecule has 1 aromatic carbocycles. The van der Waals surface area contributed by atoms with E-state index >= 15 is 0 Å². The molecule has 0 amide bonds. The largest absolute Gasteiger partial charge is 0.348 e. The van der Waals surface area contributed by atoms with Gasteiger partial charge in [0.1, 0.15) is 11.8 Å². The van der Waals surface area contributed by atoms with E-state index in [9.17, 15) is 0 Å². The highest BCUT2D eigenvalue weighted by atomic mass is 15.1. The number of aromatic nitrogens is 2. The first-order chi connectivity index (χ1) is 8.70. The van der Waals surface area contributed by atoms with Crippen LogP contribution in [0, 0.1) is 18.3 Å². The third-order valence-electron chi connectivity index (χ3n) is 2.77. The Hall–Kier alpha value is -2.41. The quantitative estimate of drug-likeness (QED) is 0.893. The molecular formula is C14H14N4. The number of aryl methyl sites for hydroxylation is 1. The van der Waals surface area contributed by atoms with Crippen LogP contribution in [0.4, 0.5) is 5.95 Å². The molecular weight excluding hydrogens is 224 g/mol. The van der Waals surface area contributed by atoms with Crippen molar-refractivity contribution in [3.63, 3.8) is 0 Å². The SMILES string of the molecule is Cc1ccccc1C(C)Nc1nccc(C#N)n1. The Kier molecular flexibility index (Phi) is 3.54. The number of nitrogens with one attached hydrogen (secondary N) is 1. The van der Waals surface area contributed by atoms with Gasteiger partial charge in [0, 0.05) is 6.20 Å². The summed E-state index contributed by atoms with van der Waals surface area (Å²) >= 11 is 0. The lowest BCUT2D eigenvalue weighted by Crippen LogP contribution is -2.10. The number of benzene rings is 1. The van der Waals surface area contributed by atoms with Crippen molar-refractivity contribution in [1.82, 2.24) is 9.97 Å². The van der Waals surface area contributed by atoms with Gasteiger partial charge < -0.3 is 5.32 Å². The van der Waals surface area contributed by atoms with E-state index in [1.54, 1.807) is 12.3 Å². The van der Waals surface area contributed by atoms with Gasteiger partial charge in [-0.25, -0.2) is 9.97 Å². The summed E-state index contributed by atoms with van der Waals surface area (Å²) in [5, 5.41) is 12.0. The predicted octanol–water partition coefficient (Wildman–Crippen LogP) is 2.83. The van der Waals surface area contributed by atoms with Gasteiger partial charge in [0.25, 0.3) is 0 Å². The van der Waals surface area contributed by atoms with E-state index in [0.29, 0.717) is 11.6 Å². The van der Waals surface area contributed by atoms with Crippen LogP contribution in [0.25, 0.3) is 0 Å². The molecule has 0 saturated carbocycles. The topological polar surface area (TPSA) is 61.6 Å². The molecule has 4 nitrogen and oxygen atoms in total. The lowest BCUT2D eigenvalue weighted by molar-refractivity contribution is 0.850. The zero-order valence-electron chi connectivity index (χ0n) is 10.4. The Labute approximate surface area is 106 Å². The van der Waals surface area contributed by atoms with Gasteiger partial charge in [0.2, 0.25) is 5.95 Å². The maximum absolute atomic E-state index is 8.79. The van der Waals surface area contributed by atoms with Crippen molar-refractivity contribution < 1.29 is 0 Å². The van der Waals surface area contributed by atoms with Gasteiger partial charge in [-0.3, -0.25) is 0 Å². The van der Waals surface area contributed by atoms with Crippen LogP contribution in [0.1, 0.15) is 29.8 Å². The zero-order chi connectivity index (χ0) is 13.0. The number of rotatable bonds is 3. The molecule has 4 heteroatoms. The second kappa shape index (κ2) is 5.28. The van der Waals surface area contributed by atoms with Crippen LogP contribution in [0.15, 0.2) is 36.5 Å². The van der Waals surface area contributed by atoms with Crippen LogP contribution >= 0.6 is 0 Å². The molecule has 0 saturated heterocycles. The molecule has 1 heterocycles. The Balaban J connectivity index is 2.19. The summed E-state index contributed by atoms with van der Waals surface area (Å²) in [5.74, 6) is 0.477. The normalized spacial score (nSPS) is 11.6. The summed E-state index contributed by atoms with van der Waals surface area (Å²) in [6, 6.07) is 11.8. The minimum atomic E-state index is 0.0974. The molecule has 0 radical (unpaired) electrons. The predicted molar refractivity (Wildman–Crippen MR) is 70.0 cm³/mol. The first kappa shape index (κ1) is 12.1. The van der Waals surface area contributed by atoms with Gasteiger partial charge in [-0.2, -0.15) is 5.26 Å². The van der Waals surface area contributed by atoms with E-state index < -0.39 is 0 Å². The van der Waals surface area contributed by atoms with Crippen LogP contribution in [0.5, 0.6) is 0 Å². The fraction of sp³-hybridized carbons (Fsp3) is 0.214. The van der Waals surface area contributed by atoms with Gasteiger partial charge in [-0.1, -0.05) is 24.3 Å². The maximum atomic E-state index is 8.79. The Morgan fingerprint density at radius 3 is 2.78 bits per heavy atom. The van der Waals surface area contributed by atoms with Gasteiger partial charge in [0.05, 0.1) is 6.04 Å². The highest BCUT2D eigenvalue weighted by molar-refractivity contribution is 5.37. The minimum absolute atomic E-state index is 0.0974. The molecule has 1 aromatic heterocycles. The summed E-state index contributed by atoms with van der Waals surface area (Å²) in [6.45, 7) is 4.12. The molecule has 1 unspecified atom stereocenters. The smallest absolute Gasteiger partial charge is 0.224 e. The van der Waals surface area contributed by atoms with E-state index in [2.05, 4.69) is 34.3 Å². The van der Waals surface area contributed by atoms with Crippen molar-refractivity contribution in [1.29, 1.82) is 5.26 Å². The van der Waals surface area contributed by atoms with Gasteiger partial charge in [0.15, 0.2) is 0 Å². The van der Waals surface area contributed by atoms with E-state index in [0.717, 1.165) is 0 Å². The van der Waals surface area contributed by atoms with Gasteiger partial charge in [-0.15, -0.1) is 0 Å². The van der Waals surface area contributed by atoms with Crippen LogP contribution in [-0.2, 0) is 0 Å². The summed E-state index contributed by atoms with van der Waals surface area (Å²) in [6.07, 6.45) is 1.58. The second-order valence-corrected chi connectivity index (χ2v) is 4.10. The van der Waals surface area contributed by atoms with E-state index in [1.165, 1.54) is 11.1 Å². The lowest BCUT2D eigenvalue weighted by atomic mass is 10.0. The lowest BCUT2D eigenvalue weighted by Gasteiger charge is -2.16. The van der Waals surface area contributed by atoms with Crippen LogP contribution < -0.4 is 5.32 Å². The first-order valence-electron chi connectivity index (χ1n) is 5.76. The maximum Gasteiger partial charge on any atom is 0.224 e. The van der Waals surface area contributed by atoms with Crippen LogP contribution in [0.3, 0.4) is 0 Å². The van der Waals surface area contributed by atoms with E-state index in [1.807, 2.05) is 25.1 Å². The van der Waals surface area contributed by atoms with Crippen molar-refractivity contribution in [3.8, 4) is 6.07 Å². The second-order valence-electron chi connectivity index (χ2n) is 4.10. The average Bonchev–Trinajstić information content (AvgIpc) is 2.39. The number of nitriles is 1. The minimum Gasteiger partial charge on any atom is -0.348 e. The van der Waals surface area contributed by atoms with Crippen molar-refractivity contribution in [2.45, 2.75) is 19.9 Å². The number of hydrogen-bond acceptors (Lipinski definition) is 4. The monoisotopic (exact) mass is 238 g/mol. The zero-order valence-corrected chi connectivity index (χ0v) is 10.4. The Bertz CT molecular complexity index is 586. The molecule has 1 N–H and O–H groups in total.